The number of anilines is 9. The normalized spacial score (nSPS) is 13.0. The highest BCUT2D eigenvalue weighted by molar-refractivity contribution is 9.11. The Morgan fingerprint density at radius 1 is 0.525 bits per heavy atom. The van der Waals surface area contributed by atoms with Gasteiger partial charge in [-0.15, -0.1) is 0 Å². The third-order valence-corrected chi connectivity index (χ3v) is 10.7. The molecule has 0 fully saturated rings. The molecule has 16 nitrogen and oxygen atoms in total. The molecule has 3 aromatic heterocycles. The summed E-state index contributed by atoms with van der Waals surface area (Å²) in [5.41, 5.74) is 11.2. The summed E-state index contributed by atoms with van der Waals surface area (Å²) in [4.78, 5) is 25.5. The van der Waals surface area contributed by atoms with Gasteiger partial charge in [0.1, 0.15) is 17.5 Å². The molecule has 3 heterocycles. The van der Waals surface area contributed by atoms with Crippen molar-refractivity contribution in [1.29, 1.82) is 0 Å². The van der Waals surface area contributed by atoms with Gasteiger partial charge in [-0.2, -0.15) is 15.0 Å². The minimum absolute atomic E-state index is 0.153. The van der Waals surface area contributed by atoms with Gasteiger partial charge in [0.2, 0.25) is 17.2 Å². The van der Waals surface area contributed by atoms with E-state index < -0.39 is 16.8 Å². The van der Waals surface area contributed by atoms with E-state index in [1.54, 1.807) is 84.4 Å². The van der Waals surface area contributed by atoms with Crippen LogP contribution in [-0.2, 0) is 0 Å². The highest BCUT2D eigenvalue weighted by Gasteiger charge is 2.25. The summed E-state index contributed by atoms with van der Waals surface area (Å²) in [6.07, 6.45) is 4.87. The highest BCUT2D eigenvalue weighted by atomic mass is 79.9. The number of nitrogens with one attached hydrogen (secondary N) is 5. The molecule has 0 saturated carbocycles. The molecule has 0 bridgehead atoms. The van der Waals surface area contributed by atoms with Crippen molar-refractivity contribution < 1.29 is 15.3 Å². The molecule has 0 aliphatic carbocycles. The van der Waals surface area contributed by atoms with E-state index in [0.29, 0.717) is 42.8 Å². The van der Waals surface area contributed by atoms with Gasteiger partial charge in [0.05, 0.1) is 48.3 Å². The first-order valence-corrected chi connectivity index (χ1v) is 21.0. The lowest BCUT2D eigenvalue weighted by molar-refractivity contribution is 0.0643. The van der Waals surface area contributed by atoms with Crippen LogP contribution in [0.1, 0.15) is 62.3 Å². The number of nitrogens with two attached hydrogens (primary N) is 2. The molecule has 59 heavy (non-hydrogen) atoms. The van der Waals surface area contributed by atoms with Gasteiger partial charge >= 0.3 is 0 Å². The van der Waals surface area contributed by atoms with Crippen molar-refractivity contribution in [2.45, 2.75) is 97.2 Å². The number of rotatable bonds is 13. The van der Waals surface area contributed by atoms with Crippen LogP contribution in [0.15, 0.2) is 80.5 Å². The van der Waals surface area contributed by atoms with Gasteiger partial charge in [-0.25, -0.2) is 15.0 Å². The van der Waals surface area contributed by atoms with Crippen molar-refractivity contribution >= 4 is 111 Å². The molecule has 0 radical (unpaired) electrons. The lowest BCUT2D eigenvalue weighted by Crippen LogP contribution is -2.39. The molecule has 5 rings (SSSR count). The number of nitrogen functional groups attached to an aromatic ring is 2. The Labute approximate surface area is 375 Å². The second-order valence-corrected chi connectivity index (χ2v) is 18.1. The number of halogens is 4. The molecule has 2 aromatic carbocycles. The smallest absolute Gasteiger partial charge is 0.229 e. The Balaban J connectivity index is 0.000000328. The lowest BCUT2D eigenvalue weighted by Gasteiger charge is -2.27. The zero-order valence-electron chi connectivity index (χ0n) is 34.3. The minimum atomic E-state index is -0.913. The summed E-state index contributed by atoms with van der Waals surface area (Å²) in [5.74, 6) is 2.56. The van der Waals surface area contributed by atoms with Crippen LogP contribution >= 0.6 is 59.4 Å². The van der Waals surface area contributed by atoms with E-state index in [4.69, 9.17) is 23.1 Å². The zero-order chi connectivity index (χ0) is 44.3. The topological polar surface area (TPSA) is 250 Å². The standard InChI is InChI=1S/C24H32Br2N8O2.C9H13BrClN3O.C6H8N2/c1-13(23(3,4)35)29-19-17(25)11-27-21(33-19)31-15-7-9-16(10-8-15)32-22-28-12-18(26)20(34-22)30-14(2)24(5,6)36;1-5(9(2,3)15)13-7-6(10)4-12-8(11)14-7;7-5-1-2-6(8)4-3-5/h7-14,35-36H,1-6H3,(H2,27,29,31,33)(H2,28,30,32,34);4-5,15H,1-3H3,(H,12,13,14);1-4H,7-8H2/t13-,14-;5-;/m11./s1. The van der Waals surface area contributed by atoms with Gasteiger partial charge in [-0.3, -0.25) is 0 Å². The van der Waals surface area contributed by atoms with E-state index in [1.807, 2.05) is 45.0 Å². The molecule has 5 aromatic rings. The fourth-order valence-electron chi connectivity index (χ4n) is 4.04. The number of hydrogen-bond donors (Lipinski definition) is 10. The van der Waals surface area contributed by atoms with E-state index in [1.165, 1.54) is 0 Å². The fourth-order valence-corrected chi connectivity index (χ4v) is 5.09. The molecule has 0 saturated heterocycles. The van der Waals surface area contributed by atoms with Gasteiger partial charge in [0.25, 0.3) is 0 Å². The van der Waals surface area contributed by atoms with Gasteiger partial charge < -0.3 is 53.4 Å². The summed E-state index contributed by atoms with van der Waals surface area (Å²) in [6.45, 7) is 16.0. The predicted molar refractivity (Wildman–Crippen MR) is 251 cm³/mol. The van der Waals surface area contributed by atoms with Crippen LogP contribution in [0.2, 0.25) is 5.28 Å². The Morgan fingerprint density at radius 2 is 0.814 bits per heavy atom. The summed E-state index contributed by atoms with van der Waals surface area (Å²) in [5, 5.41) is 46.2. The Hall–Kier alpha value is -4.11. The van der Waals surface area contributed by atoms with Crippen LogP contribution in [0.5, 0.6) is 0 Å². The number of hydrogen-bond acceptors (Lipinski definition) is 16. The summed E-state index contributed by atoms with van der Waals surface area (Å²) in [6, 6.07) is 14.0. The van der Waals surface area contributed by atoms with E-state index in [0.717, 1.165) is 22.7 Å². The molecule has 0 aliphatic heterocycles. The molecule has 0 spiro atoms. The molecule has 0 unspecified atom stereocenters. The van der Waals surface area contributed by atoms with Crippen LogP contribution in [-0.4, -0.2) is 80.2 Å². The van der Waals surface area contributed by atoms with Crippen LogP contribution in [0.25, 0.3) is 0 Å². The van der Waals surface area contributed by atoms with Crippen molar-refractivity contribution in [2.24, 2.45) is 0 Å². The van der Waals surface area contributed by atoms with Crippen molar-refractivity contribution in [2.75, 3.05) is 38.1 Å². The van der Waals surface area contributed by atoms with Crippen LogP contribution in [0, 0.1) is 0 Å². The maximum Gasteiger partial charge on any atom is 0.229 e. The van der Waals surface area contributed by atoms with E-state index in [9.17, 15) is 15.3 Å². The molecular formula is C39H53Br3ClN13O3. The highest BCUT2D eigenvalue weighted by Crippen LogP contribution is 2.28. The van der Waals surface area contributed by atoms with Gasteiger partial charge in [-0.1, -0.05) is 0 Å². The van der Waals surface area contributed by atoms with Crippen LogP contribution < -0.4 is 38.1 Å². The lowest BCUT2D eigenvalue weighted by atomic mass is 10.0. The second-order valence-electron chi connectivity index (χ2n) is 15.2. The SMILES string of the molecule is C[C@@H](Nc1nc(Cl)ncc1Br)C(C)(C)O.C[C@@H](Nc1nc(Nc2ccc(Nc3ncc(Br)c(N[C@H](C)C(C)(C)O)n3)cc2)ncc1Br)C(C)(C)O.Nc1ccc(N)cc1. The summed E-state index contributed by atoms with van der Waals surface area (Å²) >= 11 is 15.9. The van der Waals surface area contributed by atoms with Crippen molar-refractivity contribution in [3.05, 3.63) is 85.8 Å². The Bertz CT molecular complexity index is 1990. The first kappa shape index (κ1) is 49.3. The minimum Gasteiger partial charge on any atom is -0.399 e. The van der Waals surface area contributed by atoms with E-state index >= 15 is 0 Å². The zero-order valence-corrected chi connectivity index (χ0v) is 39.8. The van der Waals surface area contributed by atoms with Crippen molar-refractivity contribution in [1.82, 2.24) is 29.9 Å². The van der Waals surface area contributed by atoms with Crippen molar-refractivity contribution in [3.63, 3.8) is 0 Å². The molecule has 12 N–H and O–H groups in total. The predicted octanol–water partition coefficient (Wildman–Crippen LogP) is 8.74. The molecular weight excluding hydrogens is 974 g/mol. The third kappa shape index (κ3) is 16.8. The van der Waals surface area contributed by atoms with Crippen molar-refractivity contribution in [3.8, 4) is 0 Å². The first-order valence-electron chi connectivity index (χ1n) is 18.3. The van der Waals surface area contributed by atoms with Crippen LogP contribution in [0.4, 0.5) is 52.1 Å². The fraction of sp³-hybridized carbons (Fsp3) is 0.385. The van der Waals surface area contributed by atoms with Gasteiger partial charge in [-0.05, 0) is 170 Å². The molecule has 0 amide bonds. The molecule has 3 atom stereocenters. The summed E-state index contributed by atoms with van der Waals surface area (Å²) in [7, 11) is 0. The molecule has 320 valence electrons. The summed E-state index contributed by atoms with van der Waals surface area (Å²) < 4.78 is 2.11. The average molecular weight is 1030 g/mol. The maximum atomic E-state index is 10.2. The Kier molecular flexibility index (Phi) is 17.9. The van der Waals surface area contributed by atoms with Gasteiger partial charge in [0, 0.05) is 41.3 Å². The third-order valence-electron chi connectivity index (χ3n) is 8.78. The second kappa shape index (κ2) is 21.4. The molecule has 0 aliphatic rings. The average Bonchev–Trinajstić information content (AvgIpc) is 3.14. The van der Waals surface area contributed by atoms with E-state index in [2.05, 4.69) is 104 Å². The maximum absolute atomic E-state index is 10.2. The van der Waals surface area contributed by atoms with E-state index in [-0.39, 0.29) is 23.4 Å². The van der Waals surface area contributed by atoms with Gasteiger partial charge in [0.15, 0.2) is 0 Å². The Morgan fingerprint density at radius 3 is 1.12 bits per heavy atom. The number of aromatic nitrogens is 6. The monoisotopic (exact) mass is 1020 g/mol. The molecule has 20 heteroatoms. The largest absolute Gasteiger partial charge is 0.399 e. The quantitative estimate of drug-likeness (QED) is 0.0391. The number of nitrogens with zero attached hydrogens (tertiary/aromatic N) is 6. The van der Waals surface area contributed by atoms with Crippen LogP contribution in [0.3, 0.4) is 0 Å². The number of benzene rings is 2. The number of aliphatic hydroxyl groups is 3. The first-order chi connectivity index (χ1) is 27.3.